The predicted octanol–water partition coefficient (Wildman–Crippen LogP) is 2.05. The summed E-state index contributed by atoms with van der Waals surface area (Å²) in [4.78, 5) is 10.3. The third-order valence-corrected chi connectivity index (χ3v) is 2.90. The van der Waals surface area contributed by atoms with Gasteiger partial charge in [-0.15, -0.1) is 0 Å². The van der Waals surface area contributed by atoms with Crippen molar-refractivity contribution >= 4 is 39.9 Å². The molecule has 0 saturated carbocycles. The van der Waals surface area contributed by atoms with Crippen molar-refractivity contribution in [3.63, 3.8) is 0 Å². The summed E-state index contributed by atoms with van der Waals surface area (Å²) in [6, 6.07) is 0. The van der Waals surface area contributed by atoms with Gasteiger partial charge < -0.3 is 5.11 Å². The van der Waals surface area contributed by atoms with Gasteiger partial charge >= 0.3 is 5.97 Å². The van der Waals surface area contributed by atoms with Crippen LogP contribution in [0, 0.1) is 3.57 Å². The van der Waals surface area contributed by atoms with Crippen LogP contribution in [0.4, 0.5) is 0 Å². The first-order chi connectivity index (χ1) is 4.22. The Labute approximate surface area is 69.7 Å². The van der Waals surface area contributed by atoms with Crippen LogP contribution in [0.5, 0.6) is 0 Å². The number of carboxylic acid groups (broad SMARTS) is 1. The zero-order valence-corrected chi connectivity index (χ0v) is 7.27. The highest BCUT2D eigenvalue weighted by Crippen LogP contribution is 2.16. The molecule has 9 heavy (non-hydrogen) atoms. The molecule has 0 saturated heterocycles. The Bertz CT molecular complexity index is 231. The van der Waals surface area contributed by atoms with E-state index in [2.05, 4.69) is 0 Å². The highest BCUT2D eigenvalue weighted by atomic mass is 127. The highest BCUT2D eigenvalue weighted by Gasteiger charge is 2.06. The summed E-state index contributed by atoms with van der Waals surface area (Å²) in [5.74, 6) is -0.847. The zero-order valence-electron chi connectivity index (χ0n) is 4.30. The molecule has 0 amide bonds. The maximum absolute atomic E-state index is 10.3. The maximum atomic E-state index is 10.3. The van der Waals surface area contributed by atoms with E-state index in [4.69, 9.17) is 5.11 Å². The molecule has 0 bridgehead atoms. The molecular weight excluding hydrogens is 251 g/mol. The Hall–Kier alpha value is -0.100. The lowest BCUT2D eigenvalue weighted by atomic mass is 10.4. The summed E-state index contributed by atoms with van der Waals surface area (Å²) in [5, 5.41) is 11.9. The minimum absolute atomic E-state index is 0.403. The van der Waals surface area contributed by atoms with Crippen LogP contribution < -0.4 is 0 Å². The summed E-state index contributed by atoms with van der Waals surface area (Å²) in [6.07, 6.45) is 0. The lowest BCUT2D eigenvalue weighted by molar-refractivity contribution is 0.0696. The van der Waals surface area contributed by atoms with Crippen molar-refractivity contribution in [2.45, 2.75) is 0 Å². The van der Waals surface area contributed by atoms with E-state index in [-0.39, 0.29) is 0 Å². The van der Waals surface area contributed by atoms with E-state index in [0.29, 0.717) is 5.56 Å². The Kier molecular flexibility index (Phi) is 2.07. The van der Waals surface area contributed by atoms with Crippen molar-refractivity contribution < 1.29 is 9.90 Å². The number of hydrogen-bond donors (Lipinski definition) is 1. The van der Waals surface area contributed by atoms with Gasteiger partial charge in [0, 0.05) is 14.3 Å². The SMILES string of the molecule is O=C(O)c1cscc1I. The fraction of sp³-hybridized carbons (Fsp3) is 0. The van der Waals surface area contributed by atoms with Crippen LogP contribution in [0.3, 0.4) is 0 Å². The summed E-state index contributed by atoms with van der Waals surface area (Å²) in [5.41, 5.74) is 0.403. The first kappa shape index (κ1) is 7.01. The third-order valence-electron chi connectivity index (χ3n) is 0.845. The van der Waals surface area contributed by atoms with Gasteiger partial charge in [0.1, 0.15) is 0 Å². The van der Waals surface area contributed by atoms with Gasteiger partial charge in [0.15, 0.2) is 0 Å². The van der Waals surface area contributed by atoms with Crippen LogP contribution in [0.1, 0.15) is 10.4 Å². The zero-order chi connectivity index (χ0) is 6.85. The standard InChI is InChI=1S/C5H3IO2S/c6-4-2-9-1-3(4)5(7)8/h1-2H,(H,7,8). The van der Waals surface area contributed by atoms with Crippen LogP contribution in [0.2, 0.25) is 0 Å². The molecule has 0 aliphatic carbocycles. The largest absolute Gasteiger partial charge is 0.478 e. The summed E-state index contributed by atoms with van der Waals surface area (Å²) in [7, 11) is 0. The van der Waals surface area contributed by atoms with Gasteiger partial charge in [0.05, 0.1) is 5.56 Å². The fourth-order valence-corrected chi connectivity index (χ4v) is 2.15. The predicted molar refractivity (Wildman–Crippen MR) is 44.0 cm³/mol. The Morgan fingerprint density at radius 1 is 1.67 bits per heavy atom. The van der Waals surface area contributed by atoms with E-state index in [0.717, 1.165) is 3.57 Å². The lowest BCUT2D eigenvalue weighted by Crippen LogP contribution is -1.94. The number of carboxylic acids is 1. The van der Waals surface area contributed by atoms with Gasteiger partial charge in [0.2, 0.25) is 0 Å². The summed E-state index contributed by atoms with van der Waals surface area (Å²) < 4.78 is 0.810. The molecule has 1 aromatic rings. The molecule has 0 aromatic carbocycles. The molecule has 0 aliphatic heterocycles. The minimum atomic E-state index is -0.847. The van der Waals surface area contributed by atoms with E-state index in [9.17, 15) is 4.79 Å². The van der Waals surface area contributed by atoms with Crippen molar-refractivity contribution in [2.24, 2.45) is 0 Å². The molecule has 1 heterocycles. The monoisotopic (exact) mass is 254 g/mol. The molecule has 48 valence electrons. The molecule has 0 radical (unpaired) electrons. The van der Waals surface area contributed by atoms with Crippen molar-refractivity contribution in [2.75, 3.05) is 0 Å². The van der Waals surface area contributed by atoms with Gasteiger partial charge in [-0.1, -0.05) is 0 Å². The summed E-state index contributed by atoms with van der Waals surface area (Å²) in [6.45, 7) is 0. The molecular formula is C5H3IO2S. The third kappa shape index (κ3) is 1.42. The molecule has 1 N–H and O–H groups in total. The van der Waals surface area contributed by atoms with Gasteiger partial charge in [-0.2, -0.15) is 11.3 Å². The van der Waals surface area contributed by atoms with Crippen molar-refractivity contribution in [1.29, 1.82) is 0 Å². The van der Waals surface area contributed by atoms with E-state index in [1.807, 2.05) is 28.0 Å². The van der Waals surface area contributed by atoms with Gasteiger partial charge in [-0.3, -0.25) is 0 Å². The molecule has 1 rings (SSSR count). The van der Waals surface area contributed by atoms with Crippen molar-refractivity contribution in [1.82, 2.24) is 0 Å². The molecule has 0 spiro atoms. The number of halogens is 1. The van der Waals surface area contributed by atoms with Crippen LogP contribution in [-0.4, -0.2) is 11.1 Å². The first-order valence-electron chi connectivity index (χ1n) is 2.17. The number of hydrogen-bond acceptors (Lipinski definition) is 2. The quantitative estimate of drug-likeness (QED) is 0.779. The van der Waals surface area contributed by atoms with Gasteiger partial charge in [-0.25, -0.2) is 4.79 Å². The van der Waals surface area contributed by atoms with Crippen molar-refractivity contribution in [3.8, 4) is 0 Å². The molecule has 0 aliphatic rings. The minimum Gasteiger partial charge on any atom is -0.478 e. The normalized spacial score (nSPS) is 9.44. The van der Waals surface area contributed by atoms with E-state index < -0.39 is 5.97 Å². The Balaban J connectivity index is 3.08. The van der Waals surface area contributed by atoms with Crippen molar-refractivity contribution in [3.05, 3.63) is 19.9 Å². The second kappa shape index (κ2) is 2.66. The molecule has 0 unspecified atom stereocenters. The van der Waals surface area contributed by atoms with E-state index >= 15 is 0 Å². The molecule has 2 nitrogen and oxygen atoms in total. The number of thiophene rings is 1. The average Bonchev–Trinajstić information content (AvgIpc) is 2.13. The van der Waals surface area contributed by atoms with Gasteiger partial charge in [-0.05, 0) is 22.6 Å². The smallest absolute Gasteiger partial charge is 0.337 e. The molecule has 0 atom stereocenters. The maximum Gasteiger partial charge on any atom is 0.337 e. The number of aromatic carboxylic acids is 1. The van der Waals surface area contributed by atoms with E-state index in [1.165, 1.54) is 11.3 Å². The molecule has 1 aromatic heterocycles. The van der Waals surface area contributed by atoms with Crippen LogP contribution >= 0.6 is 33.9 Å². The molecule has 4 heteroatoms. The average molecular weight is 254 g/mol. The number of carbonyl (C=O) groups is 1. The second-order valence-electron chi connectivity index (χ2n) is 1.44. The van der Waals surface area contributed by atoms with Crippen LogP contribution in [0.25, 0.3) is 0 Å². The second-order valence-corrected chi connectivity index (χ2v) is 3.34. The summed E-state index contributed by atoms with van der Waals surface area (Å²) >= 11 is 3.41. The fourth-order valence-electron chi connectivity index (χ4n) is 0.434. The first-order valence-corrected chi connectivity index (χ1v) is 4.19. The van der Waals surface area contributed by atoms with Crippen LogP contribution in [-0.2, 0) is 0 Å². The molecule has 0 fully saturated rings. The van der Waals surface area contributed by atoms with E-state index in [1.54, 1.807) is 5.38 Å². The topological polar surface area (TPSA) is 37.3 Å². The number of rotatable bonds is 1. The Morgan fingerprint density at radius 2 is 2.33 bits per heavy atom. The van der Waals surface area contributed by atoms with Gasteiger partial charge in [0.25, 0.3) is 0 Å². The van der Waals surface area contributed by atoms with Crippen LogP contribution in [0.15, 0.2) is 10.8 Å². The lowest BCUT2D eigenvalue weighted by Gasteiger charge is -1.84. The Morgan fingerprint density at radius 3 is 2.56 bits per heavy atom. The highest BCUT2D eigenvalue weighted by molar-refractivity contribution is 14.1.